The third-order valence-corrected chi connectivity index (χ3v) is 5.49. The summed E-state index contributed by atoms with van der Waals surface area (Å²) in [5.41, 5.74) is 1.04. The highest BCUT2D eigenvalue weighted by Crippen LogP contribution is 2.38. The van der Waals surface area contributed by atoms with Crippen molar-refractivity contribution in [3.05, 3.63) is 68.6 Å². The van der Waals surface area contributed by atoms with Gasteiger partial charge in [-0.05, 0) is 42.3 Å². The topological polar surface area (TPSA) is 99.0 Å². The van der Waals surface area contributed by atoms with Crippen LogP contribution in [-0.4, -0.2) is 41.7 Å². The third-order valence-electron chi connectivity index (χ3n) is 4.58. The van der Waals surface area contributed by atoms with E-state index in [2.05, 4.69) is 0 Å². The Balaban J connectivity index is 1.80. The van der Waals surface area contributed by atoms with Gasteiger partial charge in [-0.15, -0.1) is 0 Å². The van der Waals surface area contributed by atoms with Crippen molar-refractivity contribution in [3.8, 4) is 11.5 Å². The third kappa shape index (κ3) is 4.62. The van der Waals surface area contributed by atoms with Crippen LogP contribution in [-0.2, 0) is 11.2 Å². The Labute approximate surface area is 177 Å². The average Bonchev–Trinajstić information content (AvgIpc) is 3.01. The van der Waals surface area contributed by atoms with Gasteiger partial charge < -0.3 is 9.47 Å². The molecule has 0 atom stereocenters. The van der Waals surface area contributed by atoms with Gasteiger partial charge in [-0.2, -0.15) is 0 Å². The summed E-state index contributed by atoms with van der Waals surface area (Å²) in [4.78, 5) is 37.2. The number of amides is 2. The molecule has 8 nitrogen and oxygen atoms in total. The maximum Gasteiger partial charge on any atom is 0.293 e. The molecule has 1 heterocycles. The Kier molecular flexibility index (Phi) is 6.73. The van der Waals surface area contributed by atoms with Gasteiger partial charge >= 0.3 is 0 Å². The molecule has 0 aromatic heterocycles. The van der Waals surface area contributed by atoms with Gasteiger partial charge in [-0.1, -0.05) is 30.3 Å². The van der Waals surface area contributed by atoms with Crippen molar-refractivity contribution in [1.82, 2.24) is 4.90 Å². The van der Waals surface area contributed by atoms with Gasteiger partial charge in [0.15, 0.2) is 11.5 Å². The van der Waals surface area contributed by atoms with Gasteiger partial charge in [0.05, 0.1) is 35.7 Å². The number of carbonyl (C=O) groups is 2. The number of nitro benzene ring substituents is 1. The number of imide groups is 1. The van der Waals surface area contributed by atoms with Crippen molar-refractivity contribution < 1.29 is 24.0 Å². The van der Waals surface area contributed by atoms with Crippen molar-refractivity contribution in [2.24, 2.45) is 0 Å². The van der Waals surface area contributed by atoms with Gasteiger partial charge in [-0.3, -0.25) is 24.6 Å². The standard InChI is InChI=1S/C21H20N2O6S/c1-28-17-11-15(16(23(26)27)13-18(17)29-2)12-19-20(24)22(21(25)30-19)10-6-9-14-7-4-3-5-8-14/h3-5,7-8,11-13H,6,9-10H2,1-2H3/b19-12+. The van der Waals surface area contributed by atoms with E-state index in [9.17, 15) is 19.7 Å². The number of ether oxygens (including phenoxy) is 2. The smallest absolute Gasteiger partial charge is 0.293 e. The maximum atomic E-state index is 12.7. The predicted octanol–water partition coefficient (Wildman–Crippen LogP) is 4.28. The van der Waals surface area contributed by atoms with Gasteiger partial charge in [0.25, 0.3) is 16.8 Å². The molecule has 156 valence electrons. The van der Waals surface area contributed by atoms with Gasteiger partial charge in [0.2, 0.25) is 0 Å². The summed E-state index contributed by atoms with van der Waals surface area (Å²) in [6, 6.07) is 12.4. The van der Waals surface area contributed by atoms with E-state index in [4.69, 9.17) is 9.47 Å². The van der Waals surface area contributed by atoms with E-state index in [0.717, 1.165) is 23.7 Å². The lowest BCUT2D eigenvalue weighted by Crippen LogP contribution is -2.29. The SMILES string of the molecule is COc1cc(/C=C2/SC(=O)N(CCCc3ccccc3)C2=O)c([N+](=O)[O-])cc1OC. The van der Waals surface area contributed by atoms with E-state index in [1.807, 2.05) is 30.3 Å². The molecule has 0 spiro atoms. The molecule has 1 saturated heterocycles. The number of hydrogen-bond acceptors (Lipinski definition) is 7. The lowest BCUT2D eigenvalue weighted by molar-refractivity contribution is -0.385. The number of rotatable bonds is 8. The van der Waals surface area contributed by atoms with Crippen molar-refractivity contribution in [2.75, 3.05) is 20.8 Å². The summed E-state index contributed by atoms with van der Waals surface area (Å²) in [6.07, 6.45) is 2.72. The number of benzene rings is 2. The molecule has 3 rings (SSSR count). The van der Waals surface area contributed by atoms with Crippen LogP contribution in [0, 0.1) is 10.1 Å². The van der Waals surface area contributed by atoms with E-state index in [1.54, 1.807) is 0 Å². The number of methoxy groups -OCH3 is 2. The molecule has 2 amide bonds. The highest BCUT2D eigenvalue weighted by Gasteiger charge is 2.35. The molecule has 0 unspecified atom stereocenters. The van der Waals surface area contributed by atoms with Crippen LogP contribution in [0.2, 0.25) is 0 Å². The fourth-order valence-corrected chi connectivity index (χ4v) is 3.93. The Bertz CT molecular complexity index is 1010. The zero-order valence-electron chi connectivity index (χ0n) is 16.5. The summed E-state index contributed by atoms with van der Waals surface area (Å²) in [7, 11) is 2.79. The molecule has 0 N–H and O–H groups in total. The number of hydrogen-bond donors (Lipinski definition) is 0. The lowest BCUT2D eigenvalue weighted by Gasteiger charge is -2.12. The second kappa shape index (κ2) is 9.45. The number of nitro groups is 1. The van der Waals surface area contributed by atoms with Crippen molar-refractivity contribution >= 4 is 34.7 Å². The number of carbonyl (C=O) groups excluding carboxylic acids is 2. The lowest BCUT2D eigenvalue weighted by atomic mass is 10.1. The Morgan fingerprint density at radius 1 is 1.10 bits per heavy atom. The minimum Gasteiger partial charge on any atom is -0.493 e. The van der Waals surface area contributed by atoms with Crippen LogP contribution >= 0.6 is 11.8 Å². The molecule has 0 aliphatic carbocycles. The first-order valence-electron chi connectivity index (χ1n) is 9.14. The van der Waals surface area contributed by atoms with E-state index in [1.165, 1.54) is 37.3 Å². The minimum atomic E-state index is -0.572. The molecule has 2 aromatic rings. The van der Waals surface area contributed by atoms with E-state index < -0.39 is 10.8 Å². The number of thioether (sulfide) groups is 1. The first kappa shape index (κ1) is 21.4. The number of nitrogens with zero attached hydrogens (tertiary/aromatic N) is 2. The second-order valence-electron chi connectivity index (χ2n) is 6.45. The minimum absolute atomic E-state index is 0.134. The molecular weight excluding hydrogens is 408 g/mol. The van der Waals surface area contributed by atoms with Gasteiger partial charge in [0.1, 0.15) is 0 Å². The van der Waals surface area contributed by atoms with Crippen molar-refractivity contribution in [2.45, 2.75) is 12.8 Å². The summed E-state index contributed by atoms with van der Waals surface area (Å²) < 4.78 is 10.3. The van der Waals surface area contributed by atoms with Gasteiger partial charge in [0, 0.05) is 6.54 Å². The maximum absolute atomic E-state index is 12.7. The fraction of sp³-hybridized carbons (Fsp3) is 0.238. The second-order valence-corrected chi connectivity index (χ2v) is 7.44. The largest absolute Gasteiger partial charge is 0.493 e. The molecule has 0 radical (unpaired) electrons. The molecule has 2 aromatic carbocycles. The molecule has 1 aliphatic heterocycles. The Morgan fingerprint density at radius 3 is 2.40 bits per heavy atom. The molecule has 0 saturated carbocycles. The van der Waals surface area contributed by atoms with Crippen LogP contribution < -0.4 is 9.47 Å². The number of aryl methyl sites for hydroxylation is 1. The highest BCUT2D eigenvalue weighted by atomic mass is 32.2. The predicted molar refractivity (Wildman–Crippen MR) is 114 cm³/mol. The zero-order valence-corrected chi connectivity index (χ0v) is 17.3. The Morgan fingerprint density at radius 2 is 1.77 bits per heavy atom. The summed E-state index contributed by atoms with van der Waals surface area (Å²) in [6.45, 7) is 0.283. The normalized spacial score (nSPS) is 15.0. The van der Waals surface area contributed by atoms with Crippen LogP contribution in [0.5, 0.6) is 11.5 Å². The monoisotopic (exact) mass is 428 g/mol. The van der Waals surface area contributed by atoms with Crippen LogP contribution in [0.4, 0.5) is 10.5 Å². The quantitative estimate of drug-likeness (QED) is 0.351. The van der Waals surface area contributed by atoms with Gasteiger partial charge in [-0.25, -0.2) is 0 Å². The van der Waals surface area contributed by atoms with E-state index >= 15 is 0 Å². The van der Waals surface area contributed by atoms with Crippen LogP contribution in [0.25, 0.3) is 6.08 Å². The van der Waals surface area contributed by atoms with Crippen LogP contribution in [0.3, 0.4) is 0 Å². The molecule has 9 heteroatoms. The van der Waals surface area contributed by atoms with E-state index in [-0.39, 0.29) is 39.4 Å². The van der Waals surface area contributed by atoms with E-state index in [0.29, 0.717) is 6.42 Å². The summed E-state index contributed by atoms with van der Waals surface area (Å²) in [5, 5.41) is 11.1. The zero-order chi connectivity index (χ0) is 21.7. The van der Waals surface area contributed by atoms with Crippen molar-refractivity contribution in [1.29, 1.82) is 0 Å². The molecular formula is C21H20N2O6S. The summed E-state index contributed by atoms with van der Waals surface area (Å²) >= 11 is 0.771. The molecule has 0 bridgehead atoms. The van der Waals surface area contributed by atoms with Crippen molar-refractivity contribution in [3.63, 3.8) is 0 Å². The fourth-order valence-electron chi connectivity index (χ4n) is 3.08. The molecule has 30 heavy (non-hydrogen) atoms. The molecule has 1 fully saturated rings. The molecule has 1 aliphatic rings. The highest BCUT2D eigenvalue weighted by molar-refractivity contribution is 8.18. The Hall–Kier alpha value is -3.33. The first-order valence-corrected chi connectivity index (χ1v) is 9.96. The first-order chi connectivity index (χ1) is 14.4. The van der Waals surface area contributed by atoms with Crippen LogP contribution in [0.1, 0.15) is 17.5 Å². The average molecular weight is 428 g/mol. The summed E-state index contributed by atoms with van der Waals surface area (Å²) in [5.74, 6) is 0.0361. The van der Waals surface area contributed by atoms with Crippen LogP contribution in [0.15, 0.2) is 47.4 Å².